The van der Waals surface area contributed by atoms with Gasteiger partial charge in [0.2, 0.25) is 5.91 Å². The average Bonchev–Trinajstić information content (AvgIpc) is 2.54. The van der Waals surface area contributed by atoms with Crippen molar-refractivity contribution in [3.8, 4) is 0 Å². The Bertz CT molecular complexity index is 505. The number of likely N-dealkylation sites (N-methyl/N-ethyl adjacent to an activating group) is 1. The van der Waals surface area contributed by atoms with E-state index in [9.17, 15) is 19.2 Å². The number of carbonyl (C=O) groups excluding carboxylic acids is 2. The Hall–Kier alpha value is -1.50. The molecule has 0 saturated heterocycles. The van der Waals surface area contributed by atoms with Gasteiger partial charge in [0.15, 0.2) is 4.87 Å². The minimum Gasteiger partial charge on any atom is -0.480 e. The molecule has 0 aromatic heterocycles. The molecule has 10 nitrogen and oxygen atoms in total. The van der Waals surface area contributed by atoms with Gasteiger partial charge in [-0.15, -0.1) is 12.6 Å². The molecule has 0 fully saturated rings. The van der Waals surface area contributed by atoms with E-state index in [0.29, 0.717) is 9.21 Å². The molecular formula is C12H21N3O7S2. The average molecular weight is 383 g/mol. The number of aliphatic hydroxyl groups excluding tert-OH is 1. The fraction of sp³-hybridized carbons (Fsp3) is 0.667. The number of aliphatic carboxylic acids is 1. The molecule has 0 radical (unpaired) electrons. The van der Waals surface area contributed by atoms with E-state index < -0.39 is 34.8 Å². The summed E-state index contributed by atoms with van der Waals surface area (Å²) in [7, 11) is 0.987. The molecule has 0 spiro atoms. The van der Waals surface area contributed by atoms with Crippen LogP contribution in [0.25, 0.3) is 0 Å². The molecule has 0 aliphatic carbocycles. The number of nitrogens with zero attached hydrogens (tertiary/aromatic N) is 2. The number of imide groups is 1. The Morgan fingerprint density at radius 1 is 1.25 bits per heavy atom. The van der Waals surface area contributed by atoms with E-state index in [1.165, 1.54) is 0 Å². The number of nitrogens with two attached hydrogens (primary N) is 1. The van der Waals surface area contributed by atoms with Crippen molar-refractivity contribution >= 4 is 49.3 Å². The van der Waals surface area contributed by atoms with E-state index in [1.54, 1.807) is 0 Å². The monoisotopic (exact) mass is 383 g/mol. The Morgan fingerprint density at radius 3 is 2.21 bits per heavy atom. The third kappa shape index (κ3) is 5.85. The second-order valence-corrected chi connectivity index (χ2v) is 6.12. The lowest BCUT2D eigenvalue weighted by Crippen LogP contribution is -2.55. The van der Waals surface area contributed by atoms with Gasteiger partial charge in [-0.3, -0.25) is 18.7 Å². The van der Waals surface area contributed by atoms with E-state index >= 15 is 0 Å². The first-order chi connectivity index (χ1) is 11.0. The van der Waals surface area contributed by atoms with Crippen molar-refractivity contribution in [1.29, 1.82) is 0 Å². The molecule has 0 bridgehead atoms. The summed E-state index contributed by atoms with van der Waals surface area (Å²) in [4.78, 5) is 44.5. The second-order valence-electron chi connectivity index (χ2n) is 4.98. The summed E-state index contributed by atoms with van der Waals surface area (Å²) in [6.07, 6.45) is -2.18. The zero-order chi connectivity index (χ0) is 19.1. The van der Waals surface area contributed by atoms with E-state index in [2.05, 4.69) is 25.4 Å². The maximum absolute atomic E-state index is 12.3. The van der Waals surface area contributed by atoms with Gasteiger partial charge in [-0.2, -0.15) is 0 Å². The molecule has 2 unspecified atom stereocenters. The van der Waals surface area contributed by atoms with Crippen LogP contribution in [0, 0.1) is 0 Å². The predicted octanol–water partition coefficient (Wildman–Crippen LogP) is -0.613. The molecule has 3 amide bonds. The summed E-state index contributed by atoms with van der Waals surface area (Å²) in [5.41, 5.74) is 5.30. The highest BCUT2D eigenvalue weighted by Gasteiger charge is 2.45. The Kier molecular flexibility index (Phi) is 9.11. The first-order valence-corrected chi connectivity index (χ1v) is 7.68. The number of amides is 3. The van der Waals surface area contributed by atoms with Gasteiger partial charge in [-0.05, 0) is 19.3 Å². The molecule has 0 aromatic carbocycles. The van der Waals surface area contributed by atoms with Crippen LogP contribution in [0.3, 0.4) is 0 Å². The summed E-state index contributed by atoms with van der Waals surface area (Å²) in [5, 5.41) is 26.5. The van der Waals surface area contributed by atoms with Crippen molar-refractivity contribution in [3.63, 3.8) is 0 Å². The van der Waals surface area contributed by atoms with Crippen molar-refractivity contribution < 1.29 is 34.5 Å². The molecule has 0 heterocycles. The topological polar surface area (TPSA) is 161 Å². The van der Waals surface area contributed by atoms with Crippen molar-refractivity contribution in [2.24, 2.45) is 5.73 Å². The highest BCUT2D eigenvalue weighted by atomic mass is 32.1. The molecule has 138 valence electrons. The van der Waals surface area contributed by atoms with Gasteiger partial charge in [0.1, 0.15) is 6.04 Å². The smallest absolute Gasteiger partial charge is 0.413 e. The van der Waals surface area contributed by atoms with E-state index in [1.807, 2.05) is 0 Å². The third-order valence-electron chi connectivity index (χ3n) is 3.19. The fourth-order valence-electron chi connectivity index (χ4n) is 1.70. The molecule has 0 saturated carbocycles. The number of aliphatic hydroxyl groups is 1. The van der Waals surface area contributed by atoms with Gasteiger partial charge >= 0.3 is 12.1 Å². The summed E-state index contributed by atoms with van der Waals surface area (Å²) in [5.74, 6) is -3.07. The Morgan fingerprint density at radius 2 is 1.79 bits per heavy atom. The van der Waals surface area contributed by atoms with E-state index in [4.69, 9.17) is 21.1 Å². The Labute approximate surface area is 149 Å². The zero-order valence-corrected chi connectivity index (χ0v) is 14.7. The standard InChI is InChI=1S/C12H21N3O7S2/c1-14(11(21)22)10(20)12(23,5-2-6-16)15(24)8(17)4-3-7(13)9(18)19/h7,16,23-24H,2-6,13H2,1H3,(H,18,19)(H,21,22). The van der Waals surface area contributed by atoms with E-state index in [0.717, 1.165) is 7.05 Å². The molecule has 0 aliphatic rings. The summed E-state index contributed by atoms with van der Waals surface area (Å²) in [6, 6.07) is -1.26. The van der Waals surface area contributed by atoms with Crippen LogP contribution in [0.1, 0.15) is 25.7 Å². The Balaban J connectivity index is 5.27. The number of thiol groups is 2. The number of carboxylic acid groups (broad SMARTS) is 2. The highest BCUT2D eigenvalue weighted by molar-refractivity contribution is 7.85. The molecule has 2 atom stereocenters. The number of rotatable bonds is 9. The largest absolute Gasteiger partial charge is 0.480 e. The summed E-state index contributed by atoms with van der Waals surface area (Å²) in [6.45, 7) is -0.313. The molecule has 5 N–H and O–H groups in total. The normalized spacial score (nSPS) is 14.4. The summed E-state index contributed by atoms with van der Waals surface area (Å²) < 4.78 is 0.641. The molecule has 24 heavy (non-hydrogen) atoms. The van der Waals surface area contributed by atoms with Gasteiger partial charge in [0.05, 0.1) is 0 Å². The van der Waals surface area contributed by atoms with Crippen LogP contribution >= 0.6 is 25.4 Å². The zero-order valence-electron chi connectivity index (χ0n) is 13.0. The van der Waals surface area contributed by atoms with Crippen LogP contribution in [0.2, 0.25) is 0 Å². The first-order valence-electron chi connectivity index (χ1n) is 6.83. The minimum absolute atomic E-state index is 0.0572. The van der Waals surface area contributed by atoms with Crippen LogP contribution in [-0.2, 0) is 14.4 Å². The molecule has 0 rings (SSSR count). The molecule has 0 aromatic rings. The quantitative estimate of drug-likeness (QED) is 0.227. The molecule has 12 heteroatoms. The number of hydrogen-bond acceptors (Lipinski definition) is 8. The van der Waals surface area contributed by atoms with Gasteiger partial charge in [-0.1, -0.05) is 12.8 Å². The third-order valence-corrected chi connectivity index (χ3v) is 4.53. The maximum Gasteiger partial charge on any atom is 0.413 e. The number of hydrogen-bond donors (Lipinski definition) is 6. The van der Waals surface area contributed by atoms with Gasteiger partial charge in [-0.25, -0.2) is 9.69 Å². The van der Waals surface area contributed by atoms with Crippen LogP contribution in [0.5, 0.6) is 0 Å². The van der Waals surface area contributed by atoms with E-state index in [-0.39, 0.29) is 32.3 Å². The lowest BCUT2D eigenvalue weighted by molar-refractivity contribution is -0.141. The van der Waals surface area contributed by atoms with Crippen LogP contribution < -0.4 is 5.73 Å². The lowest BCUT2D eigenvalue weighted by Gasteiger charge is -2.36. The van der Waals surface area contributed by atoms with Crippen molar-refractivity contribution in [1.82, 2.24) is 9.21 Å². The summed E-state index contributed by atoms with van der Waals surface area (Å²) >= 11 is 8.05. The molecule has 0 aliphatic heterocycles. The molecular weight excluding hydrogens is 362 g/mol. The predicted molar refractivity (Wildman–Crippen MR) is 89.5 cm³/mol. The van der Waals surface area contributed by atoms with Crippen LogP contribution in [0.15, 0.2) is 0 Å². The van der Waals surface area contributed by atoms with Gasteiger partial charge < -0.3 is 21.1 Å². The van der Waals surface area contributed by atoms with Crippen LogP contribution in [0.4, 0.5) is 4.79 Å². The second kappa shape index (κ2) is 9.71. The van der Waals surface area contributed by atoms with Gasteiger partial charge in [0.25, 0.3) is 5.91 Å². The maximum atomic E-state index is 12.3. The van der Waals surface area contributed by atoms with Gasteiger partial charge in [0, 0.05) is 20.1 Å². The van der Waals surface area contributed by atoms with Crippen LogP contribution in [-0.4, -0.2) is 73.0 Å². The van der Waals surface area contributed by atoms with Crippen molar-refractivity contribution in [3.05, 3.63) is 0 Å². The first kappa shape index (κ1) is 22.5. The van der Waals surface area contributed by atoms with Crippen molar-refractivity contribution in [2.75, 3.05) is 13.7 Å². The SMILES string of the molecule is CN(C(=O)O)C(=O)C(S)(CCCO)N(S)C(=O)CCC(N)C(=O)O. The number of carbonyl (C=O) groups is 4. The highest BCUT2D eigenvalue weighted by Crippen LogP contribution is 2.31. The minimum atomic E-state index is -1.93. The fourth-order valence-corrected chi connectivity index (χ4v) is 2.40. The number of carboxylic acids is 1. The lowest BCUT2D eigenvalue weighted by atomic mass is 10.1. The van der Waals surface area contributed by atoms with Crippen molar-refractivity contribution in [2.45, 2.75) is 36.6 Å².